The van der Waals surface area contributed by atoms with Crippen LogP contribution in [0.3, 0.4) is 0 Å². The van der Waals surface area contributed by atoms with Gasteiger partial charge in [0.05, 0.1) is 17.6 Å². The van der Waals surface area contributed by atoms with Crippen LogP contribution in [0.1, 0.15) is 36.7 Å². The molecule has 1 aromatic carbocycles. The molecule has 0 aromatic heterocycles. The molecule has 142 valence electrons. The van der Waals surface area contributed by atoms with Crippen LogP contribution >= 0.6 is 12.4 Å². The van der Waals surface area contributed by atoms with Crippen molar-refractivity contribution < 1.29 is 22.8 Å². The molecule has 0 aliphatic rings. The lowest BCUT2D eigenvalue weighted by molar-refractivity contribution is -0.137. The smallest absolute Gasteiger partial charge is 0.348 e. The Bertz CT molecular complexity index is 591. The lowest BCUT2D eigenvalue weighted by Crippen LogP contribution is -2.56. The highest BCUT2D eigenvalue weighted by Gasteiger charge is 2.30. The third-order valence-electron chi connectivity index (χ3n) is 4.01. The summed E-state index contributed by atoms with van der Waals surface area (Å²) in [6.07, 6.45) is -4.46. The molecule has 9 heteroatoms. The Kier molecular flexibility index (Phi) is 8.40. The number of carbonyl (C=O) groups excluding carboxylic acids is 2. The predicted octanol–water partition coefficient (Wildman–Crippen LogP) is 2.35. The quantitative estimate of drug-likeness (QED) is 0.707. The first kappa shape index (κ1) is 23.2. The van der Waals surface area contributed by atoms with Crippen LogP contribution in [0.2, 0.25) is 0 Å². The molecule has 0 heterocycles. The molecule has 5 nitrogen and oxygen atoms in total. The van der Waals surface area contributed by atoms with E-state index < -0.39 is 29.1 Å². The zero-order valence-corrected chi connectivity index (χ0v) is 15.1. The summed E-state index contributed by atoms with van der Waals surface area (Å²) < 4.78 is 37.4. The number of rotatable bonds is 6. The standard InChI is InChI=1S/C16H22F3N3O2.ClH/c1-10(2)15(3,9-20)22-13(23)8-21-14(24)11-4-6-12(7-5-11)16(17,18)19;/h4-7,10H,8-9,20H2,1-3H3,(H,21,24)(H,22,23);1H. The molecular weight excluding hydrogens is 359 g/mol. The van der Waals surface area contributed by atoms with Gasteiger partial charge in [-0.25, -0.2) is 0 Å². The van der Waals surface area contributed by atoms with Crippen LogP contribution in [0.15, 0.2) is 24.3 Å². The summed E-state index contributed by atoms with van der Waals surface area (Å²) >= 11 is 0. The molecule has 0 radical (unpaired) electrons. The molecule has 1 aromatic rings. The molecule has 0 saturated heterocycles. The molecule has 1 unspecified atom stereocenters. The highest BCUT2D eigenvalue weighted by atomic mass is 35.5. The summed E-state index contributed by atoms with van der Waals surface area (Å²) in [5.74, 6) is -0.952. The predicted molar refractivity (Wildman–Crippen MR) is 91.5 cm³/mol. The van der Waals surface area contributed by atoms with Gasteiger partial charge in [-0.05, 0) is 37.1 Å². The van der Waals surface area contributed by atoms with Crippen molar-refractivity contribution in [2.45, 2.75) is 32.5 Å². The lowest BCUT2D eigenvalue weighted by atomic mass is 9.88. The van der Waals surface area contributed by atoms with E-state index in [9.17, 15) is 22.8 Å². The van der Waals surface area contributed by atoms with E-state index in [1.54, 1.807) is 6.92 Å². The molecular formula is C16H23ClF3N3O2. The second kappa shape index (κ2) is 9.05. The van der Waals surface area contributed by atoms with Gasteiger partial charge in [0.25, 0.3) is 5.91 Å². The number of alkyl halides is 3. The first-order valence-corrected chi connectivity index (χ1v) is 7.46. The molecule has 0 spiro atoms. The van der Waals surface area contributed by atoms with Crippen molar-refractivity contribution in [2.75, 3.05) is 13.1 Å². The van der Waals surface area contributed by atoms with Gasteiger partial charge < -0.3 is 16.4 Å². The van der Waals surface area contributed by atoms with Gasteiger partial charge in [-0.1, -0.05) is 13.8 Å². The number of hydrogen-bond donors (Lipinski definition) is 3. The summed E-state index contributed by atoms with van der Waals surface area (Å²) in [6.45, 7) is 5.57. The van der Waals surface area contributed by atoms with Gasteiger partial charge in [0.2, 0.25) is 5.91 Å². The SMILES string of the molecule is CC(C)C(C)(CN)NC(=O)CNC(=O)c1ccc(C(F)(F)F)cc1.Cl. The van der Waals surface area contributed by atoms with Crippen molar-refractivity contribution in [1.82, 2.24) is 10.6 Å². The number of nitrogens with one attached hydrogen (secondary N) is 2. The van der Waals surface area contributed by atoms with Crippen LogP contribution in [0.4, 0.5) is 13.2 Å². The number of hydrogen-bond acceptors (Lipinski definition) is 3. The fraction of sp³-hybridized carbons (Fsp3) is 0.500. The van der Waals surface area contributed by atoms with Crippen molar-refractivity contribution in [3.05, 3.63) is 35.4 Å². The first-order chi connectivity index (χ1) is 11.0. The van der Waals surface area contributed by atoms with Crippen molar-refractivity contribution >= 4 is 24.2 Å². The lowest BCUT2D eigenvalue weighted by Gasteiger charge is -2.33. The van der Waals surface area contributed by atoms with Crippen LogP contribution in [0.25, 0.3) is 0 Å². The molecule has 0 aliphatic carbocycles. The highest BCUT2D eigenvalue weighted by Crippen LogP contribution is 2.29. The van der Waals surface area contributed by atoms with E-state index in [-0.39, 0.29) is 37.0 Å². The second-order valence-electron chi connectivity index (χ2n) is 6.08. The molecule has 0 bridgehead atoms. The van der Waals surface area contributed by atoms with E-state index in [1.165, 1.54) is 0 Å². The Hall–Kier alpha value is -1.80. The Morgan fingerprint density at radius 3 is 2.08 bits per heavy atom. The zero-order chi connectivity index (χ0) is 18.5. The van der Waals surface area contributed by atoms with E-state index in [1.807, 2.05) is 13.8 Å². The number of halogens is 4. The monoisotopic (exact) mass is 381 g/mol. The molecule has 4 N–H and O–H groups in total. The van der Waals surface area contributed by atoms with Gasteiger partial charge in [-0.2, -0.15) is 13.2 Å². The van der Waals surface area contributed by atoms with E-state index >= 15 is 0 Å². The van der Waals surface area contributed by atoms with Gasteiger partial charge in [0, 0.05) is 12.1 Å². The van der Waals surface area contributed by atoms with Crippen molar-refractivity contribution in [3.8, 4) is 0 Å². The minimum atomic E-state index is -4.46. The Morgan fingerprint density at radius 2 is 1.68 bits per heavy atom. The van der Waals surface area contributed by atoms with Gasteiger partial charge >= 0.3 is 6.18 Å². The fourth-order valence-corrected chi connectivity index (χ4v) is 1.87. The van der Waals surface area contributed by atoms with Crippen LogP contribution in [0.5, 0.6) is 0 Å². The van der Waals surface area contributed by atoms with Crippen molar-refractivity contribution in [3.63, 3.8) is 0 Å². The molecule has 2 amide bonds. The van der Waals surface area contributed by atoms with Crippen molar-refractivity contribution in [2.24, 2.45) is 11.7 Å². The molecule has 0 aliphatic heterocycles. The van der Waals surface area contributed by atoms with Gasteiger partial charge in [-0.15, -0.1) is 12.4 Å². The minimum absolute atomic E-state index is 0. The average Bonchev–Trinajstić information content (AvgIpc) is 2.51. The summed E-state index contributed by atoms with van der Waals surface area (Å²) in [4.78, 5) is 23.8. The van der Waals surface area contributed by atoms with Crippen LogP contribution < -0.4 is 16.4 Å². The Morgan fingerprint density at radius 1 is 1.16 bits per heavy atom. The number of benzene rings is 1. The maximum absolute atomic E-state index is 12.5. The first-order valence-electron chi connectivity index (χ1n) is 7.46. The topological polar surface area (TPSA) is 84.2 Å². The highest BCUT2D eigenvalue weighted by molar-refractivity contribution is 5.96. The minimum Gasteiger partial charge on any atom is -0.348 e. The summed E-state index contributed by atoms with van der Waals surface area (Å²) in [5, 5.41) is 5.12. The Labute approximate surface area is 150 Å². The maximum Gasteiger partial charge on any atom is 0.416 e. The largest absolute Gasteiger partial charge is 0.416 e. The Balaban J connectivity index is 0.00000576. The summed E-state index contributed by atoms with van der Waals surface area (Å²) in [5.41, 5.74) is 4.26. The van der Waals surface area contributed by atoms with Crippen LogP contribution in [0, 0.1) is 5.92 Å². The van der Waals surface area contributed by atoms with E-state index in [0.717, 1.165) is 24.3 Å². The molecule has 1 rings (SSSR count). The average molecular weight is 382 g/mol. The molecule has 0 saturated carbocycles. The summed E-state index contributed by atoms with van der Waals surface area (Å²) in [7, 11) is 0. The fourth-order valence-electron chi connectivity index (χ4n) is 1.87. The van der Waals surface area contributed by atoms with Gasteiger partial charge in [-0.3, -0.25) is 9.59 Å². The zero-order valence-electron chi connectivity index (χ0n) is 14.2. The van der Waals surface area contributed by atoms with Crippen molar-refractivity contribution in [1.29, 1.82) is 0 Å². The van der Waals surface area contributed by atoms with Gasteiger partial charge in [0.1, 0.15) is 0 Å². The number of carbonyl (C=O) groups is 2. The van der Waals surface area contributed by atoms with E-state index in [2.05, 4.69) is 10.6 Å². The molecule has 1 atom stereocenters. The third kappa shape index (κ3) is 6.55. The number of amides is 2. The second-order valence-corrected chi connectivity index (χ2v) is 6.08. The van der Waals surface area contributed by atoms with E-state index in [0.29, 0.717) is 0 Å². The molecule has 25 heavy (non-hydrogen) atoms. The third-order valence-corrected chi connectivity index (χ3v) is 4.01. The van der Waals surface area contributed by atoms with Crippen LogP contribution in [-0.4, -0.2) is 30.4 Å². The maximum atomic E-state index is 12.5. The molecule has 0 fully saturated rings. The van der Waals surface area contributed by atoms with Gasteiger partial charge in [0.15, 0.2) is 0 Å². The van der Waals surface area contributed by atoms with E-state index in [4.69, 9.17) is 5.73 Å². The van der Waals surface area contributed by atoms with Crippen LogP contribution in [-0.2, 0) is 11.0 Å². The summed E-state index contributed by atoms with van der Waals surface area (Å²) in [6, 6.07) is 3.76. The normalized spacial score (nSPS) is 13.6. The number of nitrogens with two attached hydrogens (primary N) is 1.